The molecule has 0 saturated carbocycles. The molecule has 6 nitrogen and oxygen atoms in total. The maximum Gasteiger partial charge on any atom is 0.296 e. The normalized spacial score (nSPS) is 11.0. The second kappa shape index (κ2) is 6.70. The van der Waals surface area contributed by atoms with Crippen molar-refractivity contribution in [3.05, 3.63) is 63.7 Å². The number of carbonyl (C=O) groups is 1. The molecule has 0 radical (unpaired) electrons. The third-order valence-corrected chi connectivity index (χ3v) is 3.66. The summed E-state index contributed by atoms with van der Waals surface area (Å²) in [5.74, 6) is -0.0436. The molecular weight excluding hydrogens is 308 g/mol. The first-order chi connectivity index (χ1) is 11.2. The van der Waals surface area contributed by atoms with Crippen LogP contribution in [0.5, 0.6) is 5.75 Å². The number of amides is 1. The highest BCUT2D eigenvalue weighted by Gasteiger charge is 2.19. The summed E-state index contributed by atoms with van der Waals surface area (Å²) >= 11 is 0. The third kappa shape index (κ3) is 3.90. The number of hydrogen-bond acceptors (Lipinski definition) is 4. The average molecular weight is 328 g/mol. The molecule has 0 unspecified atom stereocenters. The van der Waals surface area contributed by atoms with Crippen LogP contribution < -0.4 is 10.1 Å². The van der Waals surface area contributed by atoms with Crippen LogP contribution in [0, 0.1) is 10.1 Å². The minimum absolute atomic E-state index is 0.0101. The highest BCUT2D eigenvalue weighted by atomic mass is 16.6. The van der Waals surface area contributed by atoms with Gasteiger partial charge in [-0.05, 0) is 35.2 Å². The molecule has 0 bridgehead atoms. The minimum Gasteiger partial charge on any atom is -0.496 e. The quantitative estimate of drug-likeness (QED) is 0.675. The van der Waals surface area contributed by atoms with Gasteiger partial charge in [0.25, 0.3) is 11.6 Å². The van der Waals surface area contributed by atoms with Crippen molar-refractivity contribution < 1.29 is 14.5 Å². The van der Waals surface area contributed by atoms with Gasteiger partial charge >= 0.3 is 0 Å². The largest absolute Gasteiger partial charge is 0.496 e. The lowest BCUT2D eigenvalue weighted by molar-refractivity contribution is -0.384. The Hall–Kier alpha value is -2.89. The first kappa shape index (κ1) is 17.5. The molecule has 2 aromatic rings. The van der Waals surface area contributed by atoms with E-state index in [9.17, 15) is 14.9 Å². The van der Waals surface area contributed by atoms with E-state index in [4.69, 9.17) is 4.74 Å². The van der Waals surface area contributed by atoms with E-state index in [2.05, 4.69) is 26.1 Å². The van der Waals surface area contributed by atoms with E-state index < -0.39 is 10.8 Å². The number of carbonyl (C=O) groups excluding carboxylic acids is 1. The summed E-state index contributed by atoms with van der Waals surface area (Å²) in [4.78, 5) is 22.9. The number of anilines is 1. The number of rotatable bonds is 4. The Bertz CT molecular complexity index is 762. The van der Waals surface area contributed by atoms with Crippen molar-refractivity contribution in [2.75, 3.05) is 12.4 Å². The van der Waals surface area contributed by atoms with E-state index in [-0.39, 0.29) is 16.8 Å². The topological polar surface area (TPSA) is 81.5 Å². The Kier molecular flexibility index (Phi) is 4.87. The van der Waals surface area contributed by atoms with Gasteiger partial charge < -0.3 is 10.1 Å². The molecule has 0 heterocycles. The van der Waals surface area contributed by atoms with Crippen LogP contribution in [-0.2, 0) is 5.41 Å². The van der Waals surface area contributed by atoms with Gasteiger partial charge in [-0.3, -0.25) is 14.9 Å². The molecule has 0 aliphatic carbocycles. The molecule has 0 aliphatic heterocycles. The van der Waals surface area contributed by atoms with Crippen molar-refractivity contribution in [2.45, 2.75) is 26.2 Å². The number of nitrogens with zero attached hydrogens (tertiary/aromatic N) is 1. The van der Waals surface area contributed by atoms with Gasteiger partial charge in [0, 0.05) is 5.56 Å². The number of benzene rings is 2. The molecule has 6 heteroatoms. The highest BCUT2D eigenvalue weighted by Crippen LogP contribution is 2.29. The Balaban J connectivity index is 2.25. The number of nitro groups is 1. The zero-order chi connectivity index (χ0) is 17.9. The van der Waals surface area contributed by atoms with Crippen LogP contribution in [0.3, 0.4) is 0 Å². The average Bonchev–Trinajstić information content (AvgIpc) is 2.54. The van der Waals surface area contributed by atoms with Gasteiger partial charge in [0.15, 0.2) is 0 Å². The lowest BCUT2D eigenvalue weighted by atomic mass is 9.87. The lowest BCUT2D eigenvalue weighted by Crippen LogP contribution is -2.15. The molecule has 126 valence electrons. The SMILES string of the molecule is COc1ccc(NC(=O)c2ccc(C(C)(C)C)cc2)c([N+](=O)[O-])c1. The Labute approximate surface area is 140 Å². The van der Waals surface area contributed by atoms with Gasteiger partial charge in [-0.1, -0.05) is 32.9 Å². The summed E-state index contributed by atoms with van der Waals surface area (Å²) in [6.07, 6.45) is 0. The summed E-state index contributed by atoms with van der Waals surface area (Å²) in [5.41, 5.74) is 1.45. The first-order valence-corrected chi connectivity index (χ1v) is 7.46. The third-order valence-electron chi connectivity index (χ3n) is 3.66. The fourth-order valence-electron chi connectivity index (χ4n) is 2.21. The molecule has 1 amide bonds. The summed E-state index contributed by atoms with van der Waals surface area (Å²) in [6.45, 7) is 6.26. The smallest absolute Gasteiger partial charge is 0.296 e. The van der Waals surface area contributed by atoms with Crippen LogP contribution in [0.2, 0.25) is 0 Å². The van der Waals surface area contributed by atoms with E-state index in [1.54, 1.807) is 18.2 Å². The fourth-order valence-corrected chi connectivity index (χ4v) is 2.21. The van der Waals surface area contributed by atoms with Crippen LogP contribution in [0.4, 0.5) is 11.4 Å². The van der Waals surface area contributed by atoms with Gasteiger partial charge in [0.1, 0.15) is 11.4 Å². The van der Waals surface area contributed by atoms with Crippen molar-refractivity contribution in [1.82, 2.24) is 0 Å². The predicted molar refractivity (Wildman–Crippen MR) is 92.7 cm³/mol. The number of ether oxygens (including phenoxy) is 1. The van der Waals surface area contributed by atoms with Gasteiger partial charge in [0.2, 0.25) is 0 Å². The lowest BCUT2D eigenvalue weighted by Gasteiger charge is -2.19. The maximum absolute atomic E-state index is 12.3. The maximum atomic E-state index is 12.3. The van der Waals surface area contributed by atoms with Crippen LogP contribution in [0.15, 0.2) is 42.5 Å². The van der Waals surface area contributed by atoms with Crippen molar-refractivity contribution in [3.8, 4) is 5.75 Å². The molecule has 0 saturated heterocycles. The summed E-state index contributed by atoms with van der Waals surface area (Å²) in [6, 6.07) is 11.5. The first-order valence-electron chi connectivity index (χ1n) is 7.46. The Morgan fingerprint density at radius 1 is 1.12 bits per heavy atom. The van der Waals surface area contributed by atoms with Gasteiger partial charge in [-0.25, -0.2) is 0 Å². The number of methoxy groups -OCH3 is 1. The Morgan fingerprint density at radius 3 is 2.25 bits per heavy atom. The Morgan fingerprint density at radius 2 is 1.75 bits per heavy atom. The molecule has 0 aliphatic rings. The number of nitro benzene ring substituents is 1. The van der Waals surface area contributed by atoms with Crippen LogP contribution >= 0.6 is 0 Å². The van der Waals surface area contributed by atoms with Crippen LogP contribution in [0.25, 0.3) is 0 Å². The molecular formula is C18H20N2O4. The predicted octanol–water partition coefficient (Wildman–Crippen LogP) is 4.15. The van der Waals surface area contributed by atoms with Crippen LogP contribution in [-0.4, -0.2) is 17.9 Å². The number of hydrogen-bond donors (Lipinski definition) is 1. The van der Waals surface area contributed by atoms with Crippen molar-refractivity contribution in [2.24, 2.45) is 0 Å². The van der Waals surface area contributed by atoms with E-state index in [1.807, 2.05) is 12.1 Å². The van der Waals surface area contributed by atoms with E-state index in [0.717, 1.165) is 5.56 Å². The summed E-state index contributed by atoms with van der Waals surface area (Å²) < 4.78 is 4.98. The number of nitrogens with one attached hydrogen (secondary N) is 1. The van der Waals surface area contributed by atoms with Crippen molar-refractivity contribution in [1.29, 1.82) is 0 Å². The minimum atomic E-state index is -0.555. The zero-order valence-electron chi connectivity index (χ0n) is 14.1. The standard InChI is InChI=1S/C18H20N2O4/c1-18(2,3)13-7-5-12(6-8-13)17(21)19-15-10-9-14(24-4)11-16(15)20(22)23/h5-11H,1-4H3,(H,19,21). The molecule has 0 spiro atoms. The van der Waals surface area contributed by atoms with E-state index in [0.29, 0.717) is 11.3 Å². The van der Waals surface area contributed by atoms with Crippen molar-refractivity contribution >= 4 is 17.3 Å². The molecule has 0 fully saturated rings. The van der Waals surface area contributed by atoms with E-state index in [1.165, 1.54) is 19.2 Å². The molecule has 0 atom stereocenters. The van der Waals surface area contributed by atoms with Gasteiger partial charge in [0.05, 0.1) is 18.1 Å². The monoisotopic (exact) mass is 328 g/mol. The second-order valence-electron chi connectivity index (χ2n) is 6.42. The highest BCUT2D eigenvalue weighted by molar-refractivity contribution is 6.05. The second-order valence-corrected chi connectivity index (χ2v) is 6.42. The van der Waals surface area contributed by atoms with Gasteiger partial charge in [-0.15, -0.1) is 0 Å². The molecule has 24 heavy (non-hydrogen) atoms. The summed E-state index contributed by atoms with van der Waals surface area (Å²) in [7, 11) is 1.42. The van der Waals surface area contributed by atoms with Gasteiger partial charge in [-0.2, -0.15) is 0 Å². The fraction of sp³-hybridized carbons (Fsp3) is 0.278. The molecule has 1 N–H and O–H groups in total. The van der Waals surface area contributed by atoms with E-state index >= 15 is 0 Å². The van der Waals surface area contributed by atoms with Crippen LogP contribution in [0.1, 0.15) is 36.7 Å². The zero-order valence-corrected chi connectivity index (χ0v) is 14.1. The molecule has 2 rings (SSSR count). The molecule has 2 aromatic carbocycles. The summed E-state index contributed by atoms with van der Waals surface area (Å²) in [5, 5.41) is 13.7. The molecule has 0 aromatic heterocycles. The van der Waals surface area contributed by atoms with Crippen molar-refractivity contribution in [3.63, 3.8) is 0 Å².